The van der Waals surface area contributed by atoms with Crippen molar-refractivity contribution in [3.63, 3.8) is 0 Å². The molecule has 0 aliphatic rings. The number of benzene rings is 1. The molecule has 1 aromatic carbocycles. The quantitative estimate of drug-likeness (QED) is 0.686. The Morgan fingerprint density at radius 2 is 2.10 bits per heavy atom. The van der Waals surface area contributed by atoms with Crippen molar-refractivity contribution in [1.29, 1.82) is 0 Å². The molecule has 0 radical (unpaired) electrons. The minimum atomic E-state index is 0.415. The molecule has 0 aliphatic heterocycles. The van der Waals surface area contributed by atoms with Gasteiger partial charge in [-0.15, -0.1) is 11.3 Å². The highest BCUT2D eigenvalue weighted by atomic mass is 32.1. The molecular weight excluding hydrogens is 282 g/mol. The number of ether oxygens (including phenoxy) is 1. The molecule has 2 aromatic heterocycles. The molecule has 0 bridgehead atoms. The lowest BCUT2D eigenvalue weighted by molar-refractivity contribution is 0.298. The Morgan fingerprint density at radius 3 is 2.86 bits per heavy atom. The molecule has 4 heteroatoms. The van der Waals surface area contributed by atoms with E-state index in [2.05, 4.69) is 37.9 Å². The Bertz CT molecular complexity index is 744. The second-order valence-corrected chi connectivity index (χ2v) is 6.06. The van der Waals surface area contributed by atoms with E-state index in [1.165, 1.54) is 16.7 Å². The van der Waals surface area contributed by atoms with Crippen LogP contribution in [0, 0.1) is 20.8 Å². The molecule has 0 atom stereocenters. The van der Waals surface area contributed by atoms with Gasteiger partial charge in [-0.2, -0.15) is 0 Å². The maximum absolute atomic E-state index is 5.90. The van der Waals surface area contributed by atoms with Gasteiger partial charge in [0, 0.05) is 0 Å². The molecule has 0 N–H and O–H groups in total. The third-order valence-electron chi connectivity index (χ3n) is 3.42. The summed E-state index contributed by atoms with van der Waals surface area (Å²) in [5.74, 6) is 1.56. The fourth-order valence-electron chi connectivity index (χ4n) is 2.19. The first kappa shape index (κ1) is 13.9. The second kappa shape index (κ2) is 5.74. The molecule has 0 fully saturated rings. The third-order valence-corrected chi connectivity index (χ3v) is 4.28. The van der Waals surface area contributed by atoms with Gasteiger partial charge in [0.05, 0.1) is 4.88 Å². The molecule has 2 heterocycles. The van der Waals surface area contributed by atoms with Crippen molar-refractivity contribution in [3.05, 3.63) is 58.3 Å². The van der Waals surface area contributed by atoms with Crippen molar-refractivity contribution < 1.29 is 9.15 Å². The van der Waals surface area contributed by atoms with E-state index >= 15 is 0 Å². The van der Waals surface area contributed by atoms with Crippen molar-refractivity contribution in [2.24, 2.45) is 0 Å². The highest BCUT2D eigenvalue weighted by molar-refractivity contribution is 7.13. The van der Waals surface area contributed by atoms with E-state index in [9.17, 15) is 0 Å². The summed E-state index contributed by atoms with van der Waals surface area (Å²) in [6, 6.07) is 8.20. The van der Waals surface area contributed by atoms with Crippen LogP contribution in [-0.2, 0) is 6.61 Å². The lowest BCUT2D eigenvalue weighted by Gasteiger charge is -2.11. The van der Waals surface area contributed by atoms with Crippen LogP contribution in [0.15, 0.2) is 40.3 Å². The summed E-state index contributed by atoms with van der Waals surface area (Å²) in [5, 5.41) is 2.01. The van der Waals surface area contributed by atoms with Crippen LogP contribution in [0.25, 0.3) is 10.8 Å². The zero-order valence-electron chi connectivity index (χ0n) is 12.3. The van der Waals surface area contributed by atoms with Crippen molar-refractivity contribution in [1.82, 2.24) is 4.98 Å². The predicted octanol–water partition coefficient (Wildman–Crippen LogP) is 4.91. The number of hydrogen-bond acceptors (Lipinski definition) is 4. The molecule has 3 nitrogen and oxygen atoms in total. The minimum absolute atomic E-state index is 0.415. The Morgan fingerprint density at radius 1 is 1.24 bits per heavy atom. The lowest BCUT2D eigenvalue weighted by Crippen LogP contribution is -1.99. The van der Waals surface area contributed by atoms with Gasteiger partial charge in [-0.05, 0) is 55.0 Å². The van der Waals surface area contributed by atoms with E-state index in [1.807, 2.05) is 17.5 Å². The molecule has 0 aliphatic carbocycles. The number of hydrogen-bond donors (Lipinski definition) is 0. The van der Waals surface area contributed by atoms with Crippen LogP contribution in [0.3, 0.4) is 0 Å². The minimum Gasteiger partial charge on any atom is -0.487 e. The largest absolute Gasteiger partial charge is 0.487 e. The van der Waals surface area contributed by atoms with Crippen LogP contribution < -0.4 is 4.74 Å². The molecule has 0 amide bonds. The molecule has 3 aromatic rings. The molecule has 0 saturated carbocycles. The Balaban J connectivity index is 1.74. The molecular formula is C17H17NO2S. The average Bonchev–Trinajstić information content (AvgIpc) is 3.11. The normalized spacial score (nSPS) is 10.8. The molecule has 21 heavy (non-hydrogen) atoms. The number of aryl methyl sites for hydroxylation is 2. The summed E-state index contributed by atoms with van der Waals surface area (Å²) in [6.07, 6.45) is 1.66. The smallest absolute Gasteiger partial charge is 0.236 e. The van der Waals surface area contributed by atoms with E-state index in [0.717, 1.165) is 16.3 Å². The summed E-state index contributed by atoms with van der Waals surface area (Å²) in [4.78, 5) is 5.49. The number of thiophene rings is 1. The first-order valence-electron chi connectivity index (χ1n) is 6.82. The summed E-state index contributed by atoms with van der Waals surface area (Å²) in [6.45, 7) is 6.66. The zero-order valence-corrected chi connectivity index (χ0v) is 13.2. The van der Waals surface area contributed by atoms with E-state index in [0.29, 0.717) is 12.5 Å². The number of nitrogens with zero attached hydrogens (tertiary/aromatic N) is 1. The molecule has 3 rings (SSSR count). The van der Waals surface area contributed by atoms with Crippen molar-refractivity contribution in [2.45, 2.75) is 27.4 Å². The second-order valence-electron chi connectivity index (χ2n) is 5.11. The van der Waals surface area contributed by atoms with Crippen molar-refractivity contribution >= 4 is 11.3 Å². The molecule has 108 valence electrons. The first-order chi connectivity index (χ1) is 10.1. The first-order valence-corrected chi connectivity index (χ1v) is 7.70. The van der Waals surface area contributed by atoms with Gasteiger partial charge in [-0.3, -0.25) is 0 Å². The van der Waals surface area contributed by atoms with Gasteiger partial charge in [-0.1, -0.05) is 12.1 Å². The predicted molar refractivity (Wildman–Crippen MR) is 84.8 cm³/mol. The van der Waals surface area contributed by atoms with Crippen molar-refractivity contribution in [2.75, 3.05) is 0 Å². The summed E-state index contributed by atoms with van der Waals surface area (Å²) in [5.41, 5.74) is 4.41. The molecule has 0 spiro atoms. The number of rotatable bonds is 4. The maximum Gasteiger partial charge on any atom is 0.236 e. The monoisotopic (exact) mass is 299 g/mol. The van der Waals surface area contributed by atoms with Gasteiger partial charge in [0.1, 0.15) is 24.3 Å². The van der Waals surface area contributed by atoms with Crippen LogP contribution in [0.1, 0.15) is 22.4 Å². The van der Waals surface area contributed by atoms with E-state index in [4.69, 9.17) is 9.15 Å². The summed E-state index contributed by atoms with van der Waals surface area (Å²) < 4.78 is 11.4. The van der Waals surface area contributed by atoms with E-state index in [1.54, 1.807) is 17.6 Å². The Labute approximate surface area is 128 Å². The Kier molecular flexibility index (Phi) is 3.80. The van der Waals surface area contributed by atoms with Gasteiger partial charge in [0.15, 0.2) is 0 Å². The Hall–Kier alpha value is -2.07. The van der Waals surface area contributed by atoms with Crippen LogP contribution in [0.5, 0.6) is 5.75 Å². The fraction of sp³-hybridized carbons (Fsp3) is 0.235. The summed E-state index contributed by atoms with van der Waals surface area (Å²) in [7, 11) is 0. The number of oxazole rings is 1. The van der Waals surface area contributed by atoms with Gasteiger partial charge in [0.25, 0.3) is 0 Å². The number of aromatic nitrogens is 1. The van der Waals surface area contributed by atoms with Crippen LogP contribution in [0.2, 0.25) is 0 Å². The maximum atomic E-state index is 5.90. The van der Waals surface area contributed by atoms with Gasteiger partial charge in [0.2, 0.25) is 5.89 Å². The summed E-state index contributed by atoms with van der Waals surface area (Å²) >= 11 is 1.61. The van der Waals surface area contributed by atoms with Gasteiger partial charge < -0.3 is 9.15 Å². The lowest BCUT2D eigenvalue weighted by atomic mass is 10.1. The third kappa shape index (κ3) is 3.00. The van der Waals surface area contributed by atoms with Crippen molar-refractivity contribution in [3.8, 4) is 16.5 Å². The van der Waals surface area contributed by atoms with Crippen LogP contribution in [0.4, 0.5) is 0 Å². The zero-order chi connectivity index (χ0) is 14.8. The van der Waals surface area contributed by atoms with Gasteiger partial charge in [-0.25, -0.2) is 4.98 Å². The highest BCUT2D eigenvalue weighted by Crippen LogP contribution is 2.26. The molecule has 0 unspecified atom stereocenters. The fourth-order valence-corrected chi connectivity index (χ4v) is 2.84. The average molecular weight is 299 g/mol. The topological polar surface area (TPSA) is 35.3 Å². The standard InChI is InChI=1S/C17H17NO2S/c1-11-7-12(2)13(3)15(8-11)19-9-14-10-20-17(18-14)16-5-4-6-21-16/h4-8,10H,9H2,1-3H3. The van der Waals surface area contributed by atoms with E-state index in [-0.39, 0.29) is 0 Å². The van der Waals surface area contributed by atoms with Crippen LogP contribution in [-0.4, -0.2) is 4.98 Å². The van der Waals surface area contributed by atoms with Crippen LogP contribution >= 0.6 is 11.3 Å². The van der Waals surface area contributed by atoms with E-state index < -0.39 is 0 Å². The highest BCUT2D eigenvalue weighted by Gasteiger charge is 2.09. The SMILES string of the molecule is Cc1cc(C)c(C)c(OCc2coc(-c3cccs3)n2)c1. The molecule has 0 saturated heterocycles. The van der Waals surface area contributed by atoms with Gasteiger partial charge >= 0.3 is 0 Å².